The SMILES string of the molecule is COc1ccc([C@H]2C3=CC[C@@H]4C(=O)N(C)C(=O)[C@@H]4[C@@H]3C[C@H]3C(=O)C(c4ccccc4)=CC(=O)[C@@]23c2ccccc2)cc1O. The first-order chi connectivity index (χ1) is 20.8. The Bertz CT molecular complexity index is 1740. The molecule has 7 heteroatoms. The van der Waals surface area contributed by atoms with Crippen molar-refractivity contribution in [2.45, 2.75) is 24.2 Å². The zero-order valence-electron chi connectivity index (χ0n) is 23.9. The van der Waals surface area contributed by atoms with Crippen LogP contribution in [-0.2, 0) is 24.6 Å². The molecule has 216 valence electrons. The summed E-state index contributed by atoms with van der Waals surface area (Å²) in [5, 5.41) is 10.9. The Morgan fingerprint density at radius 3 is 2.26 bits per heavy atom. The minimum atomic E-state index is -1.33. The van der Waals surface area contributed by atoms with Crippen LogP contribution < -0.4 is 4.74 Å². The van der Waals surface area contributed by atoms with Gasteiger partial charge in [-0.05, 0) is 53.7 Å². The van der Waals surface area contributed by atoms with Gasteiger partial charge in [-0.3, -0.25) is 24.1 Å². The van der Waals surface area contributed by atoms with E-state index < -0.39 is 35.0 Å². The molecule has 3 aromatic rings. The first kappa shape index (κ1) is 27.1. The fourth-order valence-corrected chi connectivity index (χ4v) is 8.29. The number of hydrogen-bond acceptors (Lipinski definition) is 6. The van der Waals surface area contributed by atoms with Crippen LogP contribution in [0.25, 0.3) is 5.57 Å². The van der Waals surface area contributed by atoms with Crippen molar-refractivity contribution in [3.8, 4) is 11.5 Å². The number of benzene rings is 3. The lowest BCUT2D eigenvalue weighted by atomic mass is 9.44. The number of methoxy groups -OCH3 is 1. The molecule has 2 amide bonds. The van der Waals surface area contributed by atoms with Gasteiger partial charge in [0.05, 0.1) is 24.4 Å². The van der Waals surface area contributed by atoms with Crippen LogP contribution in [0.3, 0.4) is 0 Å². The molecular formula is C36H31NO6. The normalized spacial score (nSPS) is 29.8. The lowest BCUT2D eigenvalue weighted by Gasteiger charge is -2.55. The molecule has 0 aromatic heterocycles. The average Bonchev–Trinajstić information content (AvgIpc) is 3.26. The van der Waals surface area contributed by atoms with Gasteiger partial charge in [-0.2, -0.15) is 0 Å². The Morgan fingerprint density at radius 2 is 1.58 bits per heavy atom. The van der Waals surface area contributed by atoms with Crippen LogP contribution in [0, 0.1) is 23.7 Å². The van der Waals surface area contributed by atoms with E-state index in [1.54, 1.807) is 12.1 Å². The van der Waals surface area contributed by atoms with Crippen molar-refractivity contribution in [3.63, 3.8) is 0 Å². The molecule has 2 fully saturated rings. The highest BCUT2D eigenvalue weighted by molar-refractivity contribution is 6.31. The van der Waals surface area contributed by atoms with Gasteiger partial charge in [-0.25, -0.2) is 0 Å². The smallest absolute Gasteiger partial charge is 0.233 e. The van der Waals surface area contributed by atoms with Crippen molar-refractivity contribution in [3.05, 3.63) is 113 Å². The molecule has 0 radical (unpaired) electrons. The van der Waals surface area contributed by atoms with Crippen molar-refractivity contribution in [2.24, 2.45) is 23.7 Å². The largest absolute Gasteiger partial charge is 0.504 e. The number of amides is 2. The number of ketones is 2. The lowest BCUT2D eigenvalue weighted by Crippen LogP contribution is -2.58. The number of carbonyl (C=O) groups is 4. The van der Waals surface area contributed by atoms with Gasteiger partial charge in [0.15, 0.2) is 23.1 Å². The van der Waals surface area contributed by atoms with Gasteiger partial charge >= 0.3 is 0 Å². The second-order valence-electron chi connectivity index (χ2n) is 12.0. The predicted molar refractivity (Wildman–Crippen MR) is 159 cm³/mol. The summed E-state index contributed by atoms with van der Waals surface area (Å²) >= 11 is 0. The summed E-state index contributed by atoms with van der Waals surface area (Å²) < 4.78 is 5.32. The van der Waals surface area contributed by atoms with Crippen LogP contribution in [-0.4, -0.2) is 47.5 Å². The number of hydrogen-bond donors (Lipinski definition) is 1. The molecule has 0 unspecified atom stereocenters. The van der Waals surface area contributed by atoms with E-state index in [2.05, 4.69) is 0 Å². The minimum absolute atomic E-state index is 0.0851. The second kappa shape index (κ2) is 9.90. The van der Waals surface area contributed by atoms with E-state index in [9.17, 15) is 24.3 Å². The summed E-state index contributed by atoms with van der Waals surface area (Å²) in [6, 6.07) is 23.6. The summed E-state index contributed by atoms with van der Waals surface area (Å²) in [5.74, 6) is -3.65. The molecule has 0 bridgehead atoms. The number of phenolic OH excluding ortho intramolecular Hbond substituents is 1. The van der Waals surface area contributed by atoms with Gasteiger partial charge in [0, 0.05) is 24.5 Å². The molecule has 1 N–H and O–H groups in total. The Kier molecular flexibility index (Phi) is 6.24. The Hall–Kier alpha value is -4.78. The number of aromatic hydroxyl groups is 1. The molecule has 1 heterocycles. The van der Waals surface area contributed by atoms with Gasteiger partial charge in [0.2, 0.25) is 11.8 Å². The Labute approximate surface area is 249 Å². The third-order valence-corrected chi connectivity index (χ3v) is 10.1. The first-order valence-corrected chi connectivity index (χ1v) is 14.6. The zero-order valence-corrected chi connectivity index (χ0v) is 23.9. The van der Waals surface area contributed by atoms with Crippen LogP contribution in [0.1, 0.15) is 35.4 Å². The molecule has 4 aliphatic rings. The summed E-state index contributed by atoms with van der Waals surface area (Å²) in [5.41, 5.74) is 1.89. The standard InChI is InChI=1S/C36H31NO6/c1-37-34(41)24-15-14-23-26(31(24)35(37)42)18-27-33(40)25(20-9-5-3-6-10-20)19-30(39)36(27,22-11-7-4-8-12-22)32(23)21-13-16-29(43-2)28(38)17-21/h3-14,16-17,19,24,26-27,31-32,38H,15,18H2,1-2H3/t24-,26+,27-,31-,32-,36-/m0/s1. The number of fused-ring (bicyclic) bond motifs is 4. The Morgan fingerprint density at radius 1 is 0.884 bits per heavy atom. The molecule has 0 spiro atoms. The number of carbonyl (C=O) groups excluding carboxylic acids is 4. The van der Waals surface area contributed by atoms with Crippen molar-refractivity contribution in [2.75, 3.05) is 14.2 Å². The van der Waals surface area contributed by atoms with E-state index in [1.165, 1.54) is 25.1 Å². The minimum Gasteiger partial charge on any atom is -0.504 e. The molecule has 3 aliphatic carbocycles. The number of imide groups is 1. The number of phenols is 1. The molecule has 1 aliphatic heterocycles. The number of Topliss-reactive ketones (excluding diaryl/α,β-unsaturated/α-hetero) is 1. The molecule has 3 aromatic carbocycles. The monoisotopic (exact) mass is 573 g/mol. The topological polar surface area (TPSA) is 101 Å². The Balaban J connectivity index is 1.52. The van der Waals surface area contributed by atoms with E-state index in [1.807, 2.05) is 72.8 Å². The highest BCUT2D eigenvalue weighted by Gasteiger charge is 2.65. The number of nitrogens with zero attached hydrogens (tertiary/aromatic N) is 1. The van der Waals surface area contributed by atoms with Gasteiger partial charge < -0.3 is 9.84 Å². The van der Waals surface area contributed by atoms with Gasteiger partial charge in [0.1, 0.15) is 0 Å². The van der Waals surface area contributed by atoms with E-state index in [0.29, 0.717) is 28.7 Å². The zero-order chi connectivity index (χ0) is 30.0. The van der Waals surface area contributed by atoms with E-state index in [0.717, 1.165) is 5.57 Å². The van der Waals surface area contributed by atoms with Crippen molar-refractivity contribution in [1.29, 1.82) is 0 Å². The van der Waals surface area contributed by atoms with Crippen LogP contribution in [0.2, 0.25) is 0 Å². The van der Waals surface area contributed by atoms with Crippen molar-refractivity contribution in [1.82, 2.24) is 4.90 Å². The van der Waals surface area contributed by atoms with Crippen molar-refractivity contribution >= 4 is 29.0 Å². The molecule has 7 nitrogen and oxygen atoms in total. The third kappa shape index (κ3) is 3.73. The molecule has 1 saturated heterocycles. The molecule has 6 atom stereocenters. The maximum atomic E-state index is 14.9. The summed E-state index contributed by atoms with van der Waals surface area (Å²) in [6.07, 6.45) is 4.12. The predicted octanol–water partition coefficient (Wildman–Crippen LogP) is 4.86. The fraction of sp³-hybridized carbons (Fsp3) is 0.278. The summed E-state index contributed by atoms with van der Waals surface area (Å²) in [7, 11) is 2.99. The third-order valence-electron chi connectivity index (χ3n) is 10.1. The summed E-state index contributed by atoms with van der Waals surface area (Å²) in [4.78, 5) is 57.5. The van der Waals surface area contributed by atoms with E-state index in [4.69, 9.17) is 4.74 Å². The maximum absolute atomic E-state index is 14.9. The van der Waals surface area contributed by atoms with Crippen LogP contribution in [0.5, 0.6) is 11.5 Å². The fourth-order valence-electron chi connectivity index (χ4n) is 8.29. The van der Waals surface area contributed by atoms with E-state index in [-0.39, 0.29) is 41.3 Å². The highest BCUT2D eigenvalue weighted by atomic mass is 16.5. The van der Waals surface area contributed by atoms with Gasteiger partial charge in [-0.15, -0.1) is 0 Å². The molecule has 43 heavy (non-hydrogen) atoms. The van der Waals surface area contributed by atoms with E-state index >= 15 is 0 Å². The van der Waals surface area contributed by atoms with Gasteiger partial charge in [-0.1, -0.05) is 78.4 Å². The molecule has 1 saturated carbocycles. The average molecular weight is 574 g/mol. The second-order valence-corrected chi connectivity index (χ2v) is 12.0. The van der Waals surface area contributed by atoms with Crippen LogP contribution in [0.4, 0.5) is 0 Å². The maximum Gasteiger partial charge on any atom is 0.233 e. The van der Waals surface area contributed by atoms with Crippen molar-refractivity contribution < 1.29 is 29.0 Å². The first-order valence-electron chi connectivity index (χ1n) is 14.6. The van der Waals surface area contributed by atoms with Crippen LogP contribution in [0.15, 0.2) is 96.6 Å². The number of allylic oxidation sites excluding steroid dienone is 4. The van der Waals surface area contributed by atoms with Gasteiger partial charge in [0.25, 0.3) is 0 Å². The highest BCUT2D eigenvalue weighted by Crippen LogP contribution is 2.63. The lowest BCUT2D eigenvalue weighted by molar-refractivity contribution is -0.139. The number of likely N-dealkylation sites (tertiary alicyclic amines) is 1. The number of ether oxygens (including phenoxy) is 1. The number of rotatable bonds is 4. The van der Waals surface area contributed by atoms with Crippen LogP contribution >= 0.6 is 0 Å². The summed E-state index contributed by atoms with van der Waals surface area (Å²) in [6.45, 7) is 0. The quantitative estimate of drug-likeness (QED) is 0.354. The molecular weight excluding hydrogens is 542 g/mol. The molecule has 7 rings (SSSR count).